The van der Waals surface area contributed by atoms with E-state index in [-0.39, 0.29) is 33.2 Å². The van der Waals surface area contributed by atoms with Gasteiger partial charge in [0, 0.05) is 22.1 Å². The summed E-state index contributed by atoms with van der Waals surface area (Å²) in [5.74, 6) is -4.30. The summed E-state index contributed by atoms with van der Waals surface area (Å²) in [6, 6.07) is 3.50. The molecule has 0 aromatic heterocycles. The van der Waals surface area contributed by atoms with Gasteiger partial charge in [-0.2, -0.15) is 0 Å². The standard InChI is InChI=1S/C23H24ClF3O5/c1-12-17(16-10-15(24)8-9-18(16)32-23(25,26)27)11-22(21(30)31,13(2)19(12)20(28)29)14-6-4-3-5-7-14/h8-11,13-14H,3-7H2,1-2H3,(H,28,29)(H,30,31). The van der Waals surface area contributed by atoms with E-state index >= 15 is 0 Å². The second kappa shape index (κ2) is 8.81. The predicted molar refractivity (Wildman–Crippen MR) is 112 cm³/mol. The highest BCUT2D eigenvalue weighted by atomic mass is 35.5. The highest BCUT2D eigenvalue weighted by Crippen LogP contribution is 2.54. The monoisotopic (exact) mass is 472 g/mol. The minimum atomic E-state index is -4.99. The van der Waals surface area contributed by atoms with Crippen LogP contribution < -0.4 is 4.74 Å². The lowest BCUT2D eigenvalue weighted by atomic mass is 9.57. The number of rotatable bonds is 5. The van der Waals surface area contributed by atoms with Gasteiger partial charge in [0.15, 0.2) is 0 Å². The van der Waals surface area contributed by atoms with Crippen LogP contribution in [0.15, 0.2) is 35.4 Å². The number of hydrogen-bond acceptors (Lipinski definition) is 3. The highest BCUT2D eigenvalue weighted by molar-refractivity contribution is 6.30. The van der Waals surface area contributed by atoms with Crippen LogP contribution in [0.1, 0.15) is 51.5 Å². The third-order valence-corrected chi connectivity index (χ3v) is 6.91. The molecule has 1 saturated carbocycles. The van der Waals surface area contributed by atoms with Crippen LogP contribution >= 0.6 is 11.6 Å². The fourth-order valence-electron chi connectivity index (χ4n) is 5.21. The summed E-state index contributed by atoms with van der Waals surface area (Å²) in [7, 11) is 0. The Balaban J connectivity index is 2.32. The van der Waals surface area contributed by atoms with Gasteiger partial charge in [-0.1, -0.05) is 43.9 Å². The van der Waals surface area contributed by atoms with Gasteiger partial charge in [-0.25, -0.2) is 4.79 Å². The lowest BCUT2D eigenvalue weighted by Crippen LogP contribution is -2.47. The maximum Gasteiger partial charge on any atom is 0.573 e. The molecule has 0 aliphatic heterocycles. The first-order chi connectivity index (χ1) is 14.9. The summed E-state index contributed by atoms with van der Waals surface area (Å²) in [6.45, 7) is 3.03. The van der Waals surface area contributed by atoms with Crippen molar-refractivity contribution in [1.29, 1.82) is 0 Å². The van der Waals surface area contributed by atoms with Crippen LogP contribution in [0.3, 0.4) is 0 Å². The summed E-state index contributed by atoms with van der Waals surface area (Å²) in [5, 5.41) is 20.4. The molecule has 1 aromatic rings. The molecule has 0 radical (unpaired) electrons. The van der Waals surface area contributed by atoms with Crippen LogP contribution in [0.25, 0.3) is 5.57 Å². The molecule has 2 aliphatic carbocycles. The summed E-state index contributed by atoms with van der Waals surface area (Å²) in [4.78, 5) is 24.9. The molecule has 2 unspecified atom stereocenters. The molecule has 2 atom stereocenters. The number of allylic oxidation sites excluding steroid dienone is 2. The van der Waals surface area contributed by atoms with Gasteiger partial charge in [-0.05, 0) is 55.0 Å². The number of carbonyl (C=O) groups is 2. The second-order valence-electron chi connectivity index (χ2n) is 8.38. The van der Waals surface area contributed by atoms with Crippen LogP contribution in [0, 0.1) is 17.3 Å². The third kappa shape index (κ3) is 4.37. The molecule has 32 heavy (non-hydrogen) atoms. The Kier molecular flexibility index (Phi) is 6.65. The Morgan fingerprint density at radius 1 is 1.16 bits per heavy atom. The lowest BCUT2D eigenvalue weighted by Gasteiger charge is -2.45. The van der Waals surface area contributed by atoms with Gasteiger partial charge in [0.25, 0.3) is 0 Å². The van der Waals surface area contributed by atoms with Gasteiger partial charge in [-0.3, -0.25) is 4.79 Å². The van der Waals surface area contributed by atoms with E-state index in [9.17, 15) is 33.0 Å². The molecule has 0 heterocycles. The van der Waals surface area contributed by atoms with Crippen LogP contribution in [0.2, 0.25) is 5.02 Å². The van der Waals surface area contributed by atoms with E-state index in [2.05, 4.69) is 4.74 Å². The molecule has 0 amide bonds. The number of alkyl halides is 3. The number of aliphatic carboxylic acids is 2. The first kappa shape index (κ1) is 24.2. The number of carboxylic acid groups (broad SMARTS) is 2. The van der Waals surface area contributed by atoms with Crippen molar-refractivity contribution >= 4 is 29.1 Å². The molecule has 0 bridgehead atoms. The highest BCUT2D eigenvalue weighted by Gasteiger charge is 2.53. The predicted octanol–water partition coefficient (Wildman–Crippen LogP) is 6.32. The zero-order valence-corrected chi connectivity index (χ0v) is 18.4. The van der Waals surface area contributed by atoms with Crippen LogP contribution in [-0.2, 0) is 9.59 Å². The average molecular weight is 473 g/mol. The van der Waals surface area contributed by atoms with Gasteiger partial charge < -0.3 is 14.9 Å². The Bertz CT molecular complexity index is 992. The number of benzene rings is 1. The van der Waals surface area contributed by atoms with Crippen molar-refractivity contribution in [1.82, 2.24) is 0 Å². The molecule has 0 spiro atoms. The largest absolute Gasteiger partial charge is 0.573 e. The van der Waals surface area contributed by atoms with Crippen LogP contribution in [0.4, 0.5) is 13.2 Å². The van der Waals surface area contributed by atoms with Crippen molar-refractivity contribution in [3.05, 3.63) is 46.0 Å². The molecule has 9 heteroatoms. The number of hydrogen-bond donors (Lipinski definition) is 2. The summed E-state index contributed by atoms with van der Waals surface area (Å²) < 4.78 is 43.3. The molecular formula is C23H24ClF3O5. The Hall–Kier alpha value is -2.48. The Labute approximate surface area is 188 Å². The van der Waals surface area contributed by atoms with E-state index in [4.69, 9.17) is 11.6 Å². The van der Waals surface area contributed by atoms with Gasteiger partial charge in [0.2, 0.25) is 0 Å². The van der Waals surface area contributed by atoms with E-state index in [0.717, 1.165) is 25.3 Å². The summed E-state index contributed by atoms with van der Waals surface area (Å²) in [5.41, 5.74) is -1.55. The second-order valence-corrected chi connectivity index (χ2v) is 8.82. The zero-order valence-electron chi connectivity index (χ0n) is 17.6. The molecule has 5 nitrogen and oxygen atoms in total. The van der Waals surface area contributed by atoms with Gasteiger partial charge in [-0.15, -0.1) is 13.2 Å². The van der Waals surface area contributed by atoms with Gasteiger partial charge >= 0.3 is 18.3 Å². The molecule has 1 fully saturated rings. The lowest BCUT2D eigenvalue weighted by molar-refractivity contribution is -0.274. The third-order valence-electron chi connectivity index (χ3n) is 6.68. The minimum Gasteiger partial charge on any atom is -0.481 e. The van der Waals surface area contributed by atoms with Gasteiger partial charge in [0.05, 0.1) is 5.41 Å². The normalized spacial score (nSPS) is 24.8. The van der Waals surface area contributed by atoms with Gasteiger partial charge in [0.1, 0.15) is 5.75 Å². The van der Waals surface area contributed by atoms with Crippen molar-refractivity contribution < 1.29 is 37.7 Å². The summed E-state index contributed by atoms with van der Waals surface area (Å²) >= 11 is 6.05. The van der Waals surface area contributed by atoms with Crippen molar-refractivity contribution in [3.63, 3.8) is 0 Å². The molecule has 2 N–H and O–H groups in total. The van der Waals surface area contributed by atoms with Crippen molar-refractivity contribution in [2.45, 2.75) is 52.3 Å². The summed E-state index contributed by atoms with van der Waals surface area (Å²) in [6.07, 6.45) is 0.191. The zero-order chi connectivity index (χ0) is 23.8. The fraction of sp³-hybridized carbons (Fsp3) is 0.478. The van der Waals surface area contributed by atoms with Crippen molar-refractivity contribution in [3.8, 4) is 5.75 Å². The SMILES string of the molecule is CC1=C(C(=O)O)C(C)C(C(=O)O)(C2CCCCC2)C=C1c1cc(Cl)ccc1OC(F)(F)F. The number of halogens is 4. The van der Waals surface area contributed by atoms with Crippen LogP contribution in [0.5, 0.6) is 5.75 Å². The quantitative estimate of drug-likeness (QED) is 0.523. The smallest absolute Gasteiger partial charge is 0.481 e. The molecule has 1 aromatic carbocycles. The molecular weight excluding hydrogens is 449 g/mol. The molecule has 0 saturated heterocycles. The van der Waals surface area contributed by atoms with Crippen molar-refractivity contribution in [2.24, 2.45) is 17.3 Å². The number of carboxylic acids is 2. The van der Waals surface area contributed by atoms with E-state index in [0.29, 0.717) is 12.8 Å². The van der Waals surface area contributed by atoms with E-state index in [1.807, 2.05) is 0 Å². The van der Waals surface area contributed by atoms with E-state index < -0.39 is 35.4 Å². The van der Waals surface area contributed by atoms with E-state index in [1.165, 1.54) is 25.1 Å². The Morgan fingerprint density at radius 3 is 2.31 bits per heavy atom. The van der Waals surface area contributed by atoms with E-state index in [1.54, 1.807) is 6.92 Å². The first-order valence-electron chi connectivity index (χ1n) is 10.3. The van der Waals surface area contributed by atoms with Crippen molar-refractivity contribution in [2.75, 3.05) is 0 Å². The average Bonchev–Trinajstić information content (AvgIpc) is 2.69. The number of ether oxygens (including phenoxy) is 1. The maximum atomic E-state index is 13.0. The first-order valence-corrected chi connectivity index (χ1v) is 10.7. The molecule has 174 valence electrons. The van der Waals surface area contributed by atoms with Crippen LogP contribution in [-0.4, -0.2) is 28.5 Å². The Morgan fingerprint density at radius 2 is 1.78 bits per heavy atom. The molecule has 2 aliphatic rings. The molecule has 3 rings (SSSR count). The maximum absolute atomic E-state index is 13.0. The topological polar surface area (TPSA) is 83.8 Å². The fourth-order valence-corrected chi connectivity index (χ4v) is 5.38. The minimum absolute atomic E-state index is 0.0789.